The van der Waals surface area contributed by atoms with Crippen LogP contribution in [0.3, 0.4) is 0 Å². The summed E-state index contributed by atoms with van der Waals surface area (Å²) in [6, 6.07) is 2.07. The maximum Gasteiger partial charge on any atom is 0.0683 e. The summed E-state index contributed by atoms with van der Waals surface area (Å²) in [6.45, 7) is 5.99. The second-order valence-corrected chi connectivity index (χ2v) is 4.60. The second-order valence-electron chi connectivity index (χ2n) is 3.82. The van der Waals surface area contributed by atoms with Crippen LogP contribution >= 0.6 is 11.3 Å². The van der Waals surface area contributed by atoms with E-state index in [1.165, 1.54) is 5.56 Å². The summed E-state index contributed by atoms with van der Waals surface area (Å²) < 4.78 is 0. The molecule has 1 heterocycles. The third-order valence-corrected chi connectivity index (χ3v) is 3.12. The minimum absolute atomic E-state index is 0.303. The van der Waals surface area contributed by atoms with Gasteiger partial charge in [0.1, 0.15) is 0 Å². The highest BCUT2D eigenvalue weighted by atomic mass is 32.1. The summed E-state index contributed by atoms with van der Waals surface area (Å²) in [6.07, 6.45) is 0.758. The first-order chi connectivity index (χ1) is 5.52. The SMILES string of the molecule is CC(C)C(C)(O)Cc1ccsc1. The minimum atomic E-state index is -0.568. The summed E-state index contributed by atoms with van der Waals surface area (Å²) in [5, 5.41) is 14.1. The van der Waals surface area contributed by atoms with Gasteiger partial charge in [0.05, 0.1) is 5.60 Å². The number of hydrogen-bond acceptors (Lipinski definition) is 2. The van der Waals surface area contributed by atoms with E-state index in [9.17, 15) is 5.11 Å². The van der Waals surface area contributed by atoms with Gasteiger partial charge in [-0.3, -0.25) is 0 Å². The quantitative estimate of drug-likeness (QED) is 0.765. The molecule has 1 aromatic heterocycles. The predicted octanol–water partition coefficient (Wildman–Crippen LogP) is 2.70. The van der Waals surface area contributed by atoms with E-state index >= 15 is 0 Å². The first-order valence-corrected chi connectivity index (χ1v) is 5.20. The lowest BCUT2D eigenvalue weighted by molar-refractivity contribution is 0.0140. The number of rotatable bonds is 3. The van der Waals surface area contributed by atoms with Crippen LogP contribution in [0.1, 0.15) is 26.3 Å². The van der Waals surface area contributed by atoms with Gasteiger partial charge in [-0.05, 0) is 35.2 Å². The average molecular weight is 184 g/mol. The molecule has 0 aliphatic heterocycles. The van der Waals surface area contributed by atoms with Crippen molar-refractivity contribution in [1.82, 2.24) is 0 Å². The van der Waals surface area contributed by atoms with Crippen LogP contribution < -0.4 is 0 Å². The molecule has 1 rings (SSSR count). The van der Waals surface area contributed by atoms with Gasteiger partial charge in [-0.15, -0.1) is 0 Å². The van der Waals surface area contributed by atoms with Crippen molar-refractivity contribution in [1.29, 1.82) is 0 Å². The number of hydrogen-bond donors (Lipinski definition) is 1. The van der Waals surface area contributed by atoms with Gasteiger partial charge in [0.2, 0.25) is 0 Å². The molecule has 12 heavy (non-hydrogen) atoms. The summed E-state index contributed by atoms with van der Waals surface area (Å²) in [7, 11) is 0. The van der Waals surface area contributed by atoms with Crippen LogP contribution in [-0.2, 0) is 6.42 Å². The molecule has 1 N–H and O–H groups in total. The largest absolute Gasteiger partial charge is 0.390 e. The zero-order chi connectivity index (χ0) is 9.19. The van der Waals surface area contributed by atoms with Gasteiger partial charge in [0.25, 0.3) is 0 Å². The lowest BCUT2D eigenvalue weighted by atomic mass is 9.87. The maximum absolute atomic E-state index is 9.97. The Kier molecular flexibility index (Phi) is 2.91. The first-order valence-electron chi connectivity index (χ1n) is 4.26. The van der Waals surface area contributed by atoms with E-state index in [4.69, 9.17) is 0 Å². The molecule has 0 saturated heterocycles. The normalized spacial score (nSPS) is 16.4. The van der Waals surface area contributed by atoms with Crippen molar-refractivity contribution in [3.63, 3.8) is 0 Å². The van der Waals surface area contributed by atoms with Crippen LogP contribution in [-0.4, -0.2) is 10.7 Å². The standard InChI is InChI=1S/C10H16OS/c1-8(2)10(3,11)6-9-4-5-12-7-9/h4-5,7-8,11H,6H2,1-3H3. The van der Waals surface area contributed by atoms with Gasteiger partial charge >= 0.3 is 0 Å². The van der Waals surface area contributed by atoms with Gasteiger partial charge in [0, 0.05) is 6.42 Å². The van der Waals surface area contributed by atoms with Gasteiger partial charge in [-0.2, -0.15) is 11.3 Å². The van der Waals surface area contributed by atoms with Gasteiger partial charge < -0.3 is 5.11 Å². The van der Waals surface area contributed by atoms with Crippen molar-refractivity contribution in [3.8, 4) is 0 Å². The lowest BCUT2D eigenvalue weighted by Gasteiger charge is -2.27. The number of aliphatic hydroxyl groups is 1. The highest BCUT2D eigenvalue weighted by Crippen LogP contribution is 2.22. The Morgan fingerprint density at radius 2 is 2.25 bits per heavy atom. The summed E-state index contributed by atoms with van der Waals surface area (Å²) in [4.78, 5) is 0. The molecular formula is C10H16OS. The van der Waals surface area contributed by atoms with Crippen LogP contribution in [0.15, 0.2) is 16.8 Å². The van der Waals surface area contributed by atoms with E-state index < -0.39 is 5.60 Å². The van der Waals surface area contributed by atoms with Gasteiger partial charge in [-0.25, -0.2) is 0 Å². The topological polar surface area (TPSA) is 20.2 Å². The van der Waals surface area contributed by atoms with Crippen LogP contribution in [0.5, 0.6) is 0 Å². The molecule has 0 amide bonds. The van der Waals surface area contributed by atoms with Crippen molar-refractivity contribution in [2.24, 2.45) is 5.92 Å². The zero-order valence-corrected chi connectivity index (χ0v) is 8.69. The average Bonchev–Trinajstić information content (AvgIpc) is 2.38. The molecule has 0 saturated carbocycles. The maximum atomic E-state index is 9.97. The Balaban J connectivity index is 2.62. The van der Waals surface area contributed by atoms with E-state index in [0.717, 1.165) is 6.42 Å². The van der Waals surface area contributed by atoms with Crippen molar-refractivity contribution >= 4 is 11.3 Å². The minimum Gasteiger partial charge on any atom is -0.390 e. The fraction of sp³-hybridized carbons (Fsp3) is 0.600. The van der Waals surface area contributed by atoms with Crippen LogP contribution in [0.4, 0.5) is 0 Å². The van der Waals surface area contributed by atoms with Crippen molar-refractivity contribution in [2.45, 2.75) is 32.8 Å². The molecule has 1 nitrogen and oxygen atoms in total. The van der Waals surface area contributed by atoms with Crippen LogP contribution in [0, 0.1) is 5.92 Å². The van der Waals surface area contributed by atoms with E-state index in [1.54, 1.807) is 11.3 Å². The van der Waals surface area contributed by atoms with Crippen LogP contribution in [0.25, 0.3) is 0 Å². The lowest BCUT2D eigenvalue weighted by Crippen LogP contribution is -2.33. The Labute approximate surface area is 78.1 Å². The molecular weight excluding hydrogens is 168 g/mol. The van der Waals surface area contributed by atoms with E-state index in [-0.39, 0.29) is 0 Å². The van der Waals surface area contributed by atoms with E-state index in [2.05, 4.69) is 11.4 Å². The Morgan fingerprint density at radius 3 is 2.67 bits per heavy atom. The molecule has 0 radical (unpaired) electrons. The summed E-state index contributed by atoms with van der Waals surface area (Å²) >= 11 is 1.68. The third-order valence-electron chi connectivity index (χ3n) is 2.39. The van der Waals surface area contributed by atoms with Gasteiger partial charge in [-0.1, -0.05) is 13.8 Å². The molecule has 2 heteroatoms. The molecule has 0 aromatic carbocycles. The summed E-state index contributed by atoms with van der Waals surface area (Å²) in [5.74, 6) is 0.303. The smallest absolute Gasteiger partial charge is 0.0683 e. The summed E-state index contributed by atoms with van der Waals surface area (Å²) in [5.41, 5.74) is 0.667. The Morgan fingerprint density at radius 1 is 1.58 bits per heavy atom. The monoisotopic (exact) mass is 184 g/mol. The Hall–Kier alpha value is -0.340. The fourth-order valence-electron chi connectivity index (χ4n) is 1.01. The molecule has 1 aromatic rings. The molecule has 0 bridgehead atoms. The molecule has 0 fully saturated rings. The molecule has 1 unspecified atom stereocenters. The van der Waals surface area contributed by atoms with Crippen molar-refractivity contribution < 1.29 is 5.11 Å². The van der Waals surface area contributed by atoms with E-state index in [0.29, 0.717) is 5.92 Å². The highest BCUT2D eigenvalue weighted by molar-refractivity contribution is 7.07. The van der Waals surface area contributed by atoms with Crippen molar-refractivity contribution in [2.75, 3.05) is 0 Å². The zero-order valence-electron chi connectivity index (χ0n) is 7.87. The predicted molar refractivity (Wildman–Crippen MR) is 53.5 cm³/mol. The molecule has 68 valence electrons. The van der Waals surface area contributed by atoms with Crippen LogP contribution in [0.2, 0.25) is 0 Å². The molecule has 0 spiro atoms. The molecule has 1 atom stereocenters. The third kappa shape index (κ3) is 2.32. The van der Waals surface area contributed by atoms with Gasteiger partial charge in [0.15, 0.2) is 0 Å². The first kappa shape index (κ1) is 9.75. The highest BCUT2D eigenvalue weighted by Gasteiger charge is 2.24. The molecule has 0 aliphatic carbocycles. The molecule has 0 aliphatic rings. The van der Waals surface area contributed by atoms with Crippen molar-refractivity contribution in [3.05, 3.63) is 22.4 Å². The van der Waals surface area contributed by atoms with E-state index in [1.807, 2.05) is 26.2 Å². The Bertz CT molecular complexity index is 224. The number of thiophene rings is 1. The second kappa shape index (κ2) is 3.58. The fourth-order valence-corrected chi connectivity index (χ4v) is 1.68.